The Labute approximate surface area is 103 Å². The SMILES string of the molecule is Cn1ccc2ccc(CC(N)C(=O)O)cc2c1=O. The Hall–Kier alpha value is -2.14. The molecule has 2 aromatic rings. The Morgan fingerprint density at radius 3 is 2.83 bits per heavy atom. The van der Waals surface area contributed by atoms with Crippen molar-refractivity contribution in [3.8, 4) is 0 Å². The van der Waals surface area contributed by atoms with E-state index in [-0.39, 0.29) is 12.0 Å². The first-order valence-corrected chi connectivity index (χ1v) is 5.55. The number of nitrogens with two attached hydrogens (primary N) is 1. The van der Waals surface area contributed by atoms with Gasteiger partial charge in [0.05, 0.1) is 0 Å². The number of benzene rings is 1. The maximum atomic E-state index is 11.9. The van der Waals surface area contributed by atoms with Gasteiger partial charge in [0.2, 0.25) is 0 Å². The van der Waals surface area contributed by atoms with E-state index in [1.807, 2.05) is 6.07 Å². The summed E-state index contributed by atoms with van der Waals surface area (Å²) in [6, 6.07) is 6.21. The zero-order chi connectivity index (χ0) is 13.3. The van der Waals surface area contributed by atoms with Crippen LogP contribution >= 0.6 is 0 Å². The Morgan fingerprint density at radius 1 is 1.44 bits per heavy atom. The van der Waals surface area contributed by atoms with E-state index in [0.717, 1.165) is 10.9 Å². The first-order chi connectivity index (χ1) is 8.49. The number of pyridine rings is 1. The Kier molecular flexibility index (Phi) is 3.16. The highest BCUT2D eigenvalue weighted by Crippen LogP contribution is 2.13. The third kappa shape index (κ3) is 2.26. The molecule has 0 bridgehead atoms. The van der Waals surface area contributed by atoms with E-state index >= 15 is 0 Å². The number of rotatable bonds is 3. The lowest BCUT2D eigenvalue weighted by atomic mass is 10.0. The summed E-state index contributed by atoms with van der Waals surface area (Å²) in [5.74, 6) is -1.05. The number of carbonyl (C=O) groups is 1. The molecule has 1 atom stereocenters. The van der Waals surface area contributed by atoms with Gasteiger partial charge >= 0.3 is 5.97 Å². The van der Waals surface area contributed by atoms with E-state index < -0.39 is 12.0 Å². The van der Waals surface area contributed by atoms with Gasteiger partial charge in [-0.1, -0.05) is 12.1 Å². The first-order valence-electron chi connectivity index (χ1n) is 5.55. The fourth-order valence-electron chi connectivity index (χ4n) is 1.85. The molecule has 94 valence electrons. The quantitative estimate of drug-likeness (QED) is 0.825. The van der Waals surface area contributed by atoms with Crippen LogP contribution in [0.5, 0.6) is 0 Å². The van der Waals surface area contributed by atoms with Gasteiger partial charge in [0.15, 0.2) is 0 Å². The molecule has 5 heteroatoms. The van der Waals surface area contributed by atoms with Crippen molar-refractivity contribution < 1.29 is 9.90 Å². The minimum absolute atomic E-state index is 0.0988. The Morgan fingerprint density at radius 2 is 2.17 bits per heavy atom. The molecule has 1 aromatic heterocycles. The number of aryl methyl sites for hydroxylation is 1. The van der Waals surface area contributed by atoms with E-state index in [2.05, 4.69) is 0 Å². The van der Waals surface area contributed by atoms with Crippen LogP contribution < -0.4 is 11.3 Å². The summed E-state index contributed by atoms with van der Waals surface area (Å²) >= 11 is 0. The average Bonchev–Trinajstić information content (AvgIpc) is 2.34. The number of aliphatic carboxylic acids is 1. The van der Waals surface area contributed by atoms with Crippen LogP contribution in [-0.2, 0) is 18.3 Å². The fourth-order valence-corrected chi connectivity index (χ4v) is 1.85. The normalized spacial score (nSPS) is 12.6. The lowest BCUT2D eigenvalue weighted by molar-refractivity contribution is -0.138. The molecule has 1 heterocycles. The number of fused-ring (bicyclic) bond motifs is 1. The highest BCUT2D eigenvalue weighted by Gasteiger charge is 2.12. The van der Waals surface area contributed by atoms with Crippen molar-refractivity contribution in [1.82, 2.24) is 4.57 Å². The third-order valence-corrected chi connectivity index (χ3v) is 2.92. The highest BCUT2D eigenvalue weighted by atomic mass is 16.4. The molecule has 1 unspecified atom stereocenters. The summed E-state index contributed by atoms with van der Waals surface area (Å²) in [7, 11) is 1.68. The molecule has 0 amide bonds. The van der Waals surface area contributed by atoms with E-state index in [9.17, 15) is 9.59 Å². The number of nitrogens with zero attached hydrogens (tertiary/aromatic N) is 1. The summed E-state index contributed by atoms with van der Waals surface area (Å²) in [5.41, 5.74) is 6.13. The van der Waals surface area contributed by atoms with Crippen LogP contribution in [0.3, 0.4) is 0 Å². The van der Waals surface area contributed by atoms with Gasteiger partial charge in [0.1, 0.15) is 6.04 Å². The van der Waals surface area contributed by atoms with Gasteiger partial charge in [-0.2, -0.15) is 0 Å². The fraction of sp³-hybridized carbons (Fsp3) is 0.231. The Balaban J connectivity index is 2.47. The minimum Gasteiger partial charge on any atom is -0.480 e. The van der Waals surface area contributed by atoms with Crippen LogP contribution in [0.2, 0.25) is 0 Å². The molecule has 0 aliphatic rings. The summed E-state index contributed by atoms with van der Waals surface area (Å²) < 4.78 is 1.49. The first kappa shape index (κ1) is 12.3. The number of carboxylic acids is 1. The molecule has 0 aliphatic heterocycles. The number of carboxylic acid groups (broad SMARTS) is 1. The molecule has 0 saturated carbocycles. The molecule has 2 rings (SSSR count). The van der Waals surface area contributed by atoms with Gasteiger partial charge in [-0.05, 0) is 29.5 Å². The van der Waals surface area contributed by atoms with Crippen LogP contribution in [-0.4, -0.2) is 21.7 Å². The topological polar surface area (TPSA) is 85.3 Å². The van der Waals surface area contributed by atoms with E-state index in [4.69, 9.17) is 10.8 Å². The molecule has 0 saturated heterocycles. The molecule has 1 aromatic carbocycles. The van der Waals surface area contributed by atoms with Crippen molar-refractivity contribution in [2.24, 2.45) is 12.8 Å². The van der Waals surface area contributed by atoms with Gasteiger partial charge in [-0.15, -0.1) is 0 Å². The van der Waals surface area contributed by atoms with Gasteiger partial charge < -0.3 is 15.4 Å². The highest BCUT2D eigenvalue weighted by molar-refractivity contribution is 5.82. The van der Waals surface area contributed by atoms with Crippen molar-refractivity contribution >= 4 is 16.7 Å². The number of aromatic nitrogens is 1. The molecule has 5 nitrogen and oxygen atoms in total. The van der Waals surface area contributed by atoms with Crippen LogP contribution in [0.4, 0.5) is 0 Å². The zero-order valence-electron chi connectivity index (χ0n) is 9.96. The molecular formula is C13H14N2O3. The second-order valence-corrected chi connectivity index (χ2v) is 4.30. The maximum absolute atomic E-state index is 11.9. The summed E-state index contributed by atoms with van der Waals surface area (Å²) in [5, 5.41) is 10.2. The maximum Gasteiger partial charge on any atom is 0.320 e. The second-order valence-electron chi connectivity index (χ2n) is 4.30. The molecule has 3 N–H and O–H groups in total. The van der Waals surface area contributed by atoms with Crippen LogP contribution in [0, 0.1) is 0 Å². The molecule has 0 spiro atoms. The predicted octanol–water partition coefficient (Wildman–Crippen LogP) is 0.493. The monoisotopic (exact) mass is 246 g/mol. The lowest BCUT2D eigenvalue weighted by Gasteiger charge is -2.08. The third-order valence-electron chi connectivity index (χ3n) is 2.92. The van der Waals surface area contributed by atoms with Crippen molar-refractivity contribution in [2.45, 2.75) is 12.5 Å². The van der Waals surface area contributed by atoms with Crippen LogP contribution in [0.25, 0.3) is 10.8 Å². The summed E-state index contributed by atoms with van der Waals surface area (Å²) in [6.07, 6.45) is 1.91. The van der Waals surface area contributed by atoms with E-state index in [1.165, 1.54) is 4.57 Å². The van der Waals surface area contributed by atoms with Crippen LogP contribution in [0.15, 0.2) is 35.3 Å². The summed E-state index contributed by atoms with van der Waals surface area (Å²) in [6.45, 7) is 0. The second kappa shape index (κ2) is 4.62. The molecular weight excluding hydrogens is 232 g/mol. The lowest BCUT2D eigenvalue weighted by Crippen LogP contribution is -2.32. The van der Waals surface area contributed by atoms with Crippen LogP contribution in [0.1, 0.15) is 5.56 Å². The molecule has 0 fully saturated rings. The Bertz CT molecular complexity index is 661. The molecule has 18 heavy (non-hydrogen) atoms. The predicted molar refractivity (Wildman–Crippen MR) is 68.5 cm³/mol. The van der Waals surface area contributed by atoms with Gasteiger partial charge in [-0.25, -0.2) is 0 Å². The molecule has 0 radical (unpaired) electrons. The van der Waals surface area contributed by atoms with Crippen molar-refractivity contribution in [1.29, 1.82) is 0 Å². The smallest absolute Gasteiger partial charge is 0.320 e. The largest absolute Gasteiger partial charge is 0.480 e. The van der Waals surface area contributed by atoms with Gasteiger partial charge in [0.25, 0.3) is 5.56 Å². The van der Waals surface area contributed by atoms with Crippen molar-refractivity contribution in [2.75, 3.05) is 0 Å². The van der Waals surface area contributed by atoms with Gasteiger partial charge in [-0.3, -0.25) is 9.59 Å². The van der Waals surface area contributed by atoms with Crippen molar-refractivity contribution in [3.05, 3.63) is 46.4 Å². The van der Waals surface area contributed by atoms with Gasteiger partial charge in [0, 0.05) is 18.6 Å². The van der Waals surface area contributed by atoms with Crippen molar-refractivity contribution in [3.63, 3.8) is 0 Å². The summed E-state index contributed by atoms with van der Waals surface area (Å²) in [4.78, 5) is 22.6. The molecule has 0 aliphatic carbocycles. The average molecular weight is 246 g/mol. The zero-order valence-corrected chi connectivity index (χ0v) is 9.96. The minimum atomic E-state index is -1.05. The van der Waals surface area contributed by atoms with E-state index in [0.29, 0.717) is 5.39 Å². The standard InChI is InChI=1S/C13H14N2O3/c1-15-5-4-9-3-2-8(6-10(9)12(15)16)7-11(14)13(17)18/h2-6,11H,7,14H2,1H3,(H,17,18). The number of hydrogen-bond acceptors (Lipinski definition) is 3. The number of hydrogen-bond donors (Lipinski definition) is 2. The van der Waals surface area contributed by atoms with E-state index in [1.54, 1.807) is 31.4 Å².